The molecule has 0 fully saturated rings. The van der Waals surface area contributed by atoms with E-state index in [1.54, 1.807) is 7.11 Å². The Morgan fingerprint density at radius 2 is 2.29 bits per heavy atom. The van der Waals surface area contributed by atoms with Crippen molar-refractivity contribution >= 4 is 27.5 Å². The molecule has 0 heterocycles. The number of aryl methyl sites for hydroxylation is 1. The van der Waals surface area contributed by atoms with Crippen LogP contribution in [0.4, 0.5) is 5.69 Å². The predicted octanol–water partition coefficient (Wildman–Crippen LogP) is 2.06. The highest BCUT2D eigenvalue weighted by Crippen LogP contribution is 2.23. The Bertz CT molecular complexity index is 392. The van der Waals surface area contributed by atoms with Crippen molar-refractivity contribution in [1.29, 1.82) is 0 Å². The lowest BCUT2D eigenvalue weighted by molar-refractivity contribution is -0.118. The van der Waals surface area contributed by atoms with Crippen molar-refractivity contribution in [3.63, 3.8) is 0 Å². The average Bonchev–Trinajstić information content (AvgIpc) is 2.29. The van der Waals surface area contributed by atoms with Crippen LogP contribution in [0.1, 0.15) is 12.0 Å². The summed E-state index contributed by atoms with van der Waals surface area (Å²) in [6, 6.07) is 5.75. The zero-order valence-electron chi connectivity index (χ0n) is 10.00. The van der Waals surface area contributed by atoms with Crippen molar-refractivity contribution in [3.05, 3.63) is 28.2 Å². The molecule has 5 heteroatoms. The van der Waals surface area contributed by atoms with E-state index in [1.807, 2.05) is 25.1 Å². The molecule has 0 radical (unpaired) electrons. The number of nitrogens with two attached hydrogens (primary N) is 1. The third-order valence-corrected chi connectivity index (χ3v) is 3.06. The molecule has 1 atom stereocenters. The fourth-order valence-electron chi connectivity index (χ4n) is 1.39. The van der Waals surface area contributed by atoms with Gasteiger partial charge in [-0.2, -0.15) is 0 Å². The molecule has 1 rings (SSSR count). The number of benzene rings is 1. The van der Waals surface area contributed by atoms with Crippen LogP contribution in [0.5, 0.6) is 0 Å². The Hall–Kier alpha value is -0.910. The third-order valence-electron chi connectivity index (χ3n) is 2.41. The molecule has 1 amide bonds. The van der Waals surface area contributed by atoms with Crippen LogP contribution in [0.25, 0.3) is 0 Å². The summed E-state index contributed by atoms with van der Waals surface area (Å²) in [5.41, 5.74) is 7.35. The molecule has 0 saturated carbocycles. The third kappa shape index (κ3) is 4.46. The topological polar surface area (TPSA) is 64.3 Å². The first kappa shape index (κ1) is 14.2. The Kier molecular flexibility index (Phi) is 5.61. The van der Waals surface area contributed by atoms with Gasteiger partial charge in [-0.05, 0) is 40.5 Å². The zero-order chi connectivity index (χ0) is 12.8. The molecule has 0 aliphatic carbocycles. The molecule has 3 N–H and O–H groups in total. The number of carbonyl (C=O) groups excluding carboxylic acids is 1. The molecular formula is C12H17BrN2O2. The van der Waals surface area contributed by atoms with Crippen LogP contribution in [0.2, 0.25) is 0 Å². The summed E-state index contributed by atoms with van der Waals surface area (Å²) < 4.78 is 5.93. The highest BCUT2D eigenvalue weighted by Gasteiger charge is 2.12. The van der Waals surface area contributed by atoms with E-state index in [4.69, 9.17) is 10.5 Å². The molecule has 0 spiro atoms. The second-order valence-corrected chi connectivity index (χ2v) is 4.68. The molecular weight excluding hydrogens is 284 g/mol. The fraction of sp³-hybridized carbons (Fsp3) is 0.417. The molecule has 1 aromatic carbocycles. The van der Waals surface area contributed by atoms with E-state index in [0.717, 1.165) is 15.7 Å². The van der Waals surface area contributed by atoms with Crippen molar-refractivity contribution in [2.75, 3.05) is 19.0 Å². The van der Waals surface area contributed by atoms with Gasteiger partial charge in [0.05, 0.1) is 18.2 Å². The summed E-state index contributed by atoms with van der Waals surface area (Å²) >= 11 is 3.41. The van der Waals surface area contributed by atoms with Gasteiger partial charge in [0.2, 0.25) is 5.91 Å². The molecule has 0 aliphatic heterocycles. The fourth-order valence-corrected chi connectivity index (χ4v) is 1.98. The van der Waals surface area contributed by atoms with E-state index < -0.39 is 0 Å². The van der Waals surface area contributed by atoms with E-state index in [2.05, 4.69) is 21.2 Å². The number of nitrogens with one attached hydrogen (secondary N) is 1. The van der Waals surface area contributed by atoms with E-state index in [1.165, 1.54) is 0 Å². The highest BCUT2D eigenvalue weighted by atomic mass is 79.9. The minimum absolute atomic E-state index is 0.105. The van der Waals surface area contributed by atoms with Crippen molar-refractivity contribution in [3.8, 4) is 0 Å². The number of amides is 1. The summed E-state index contributed by atoms with van der Waals surface area (Å²) in [6.45, 7) is 2.32. The molecule has 0 aromatic heterocycles. The van der Waals surface area contributed by atoms with Crippen molar-refractivity contribution in [1.82, 2.24) is 0 Å². The van der Waals surface area contributed by atoms with Gasteiger partial charge in [0.1, 0.15) is 0 Å². The molecule has 94 valence electrons. The number of hydrogen-bond acceptors (Lipinski definition) is 3. The lowest BCUT2D eigenvalue weighted by atomic mass is 10.2. The van der Waals surface area contributed by atoms with Gasteiger partial charge < -0.3 is 15.8 Å². The molecule has 0 saturated heterocycles. The second-order valence-electron chi connectivity index (χ2n) is 3.83. The number of hydrogen-bond donors (Lipinski definition) is 2. The summed E-state index contributed by atoms with van der Waals surface area (Å²) in [7, 11) is 1.55. The summed E-state index contributed by atoms with van der Waals surface area (Å²) in [5, 5.41) is 2.82. The summed E-state index contributed by atoms with van der Waals surface area (Å²) in [6.07, 6.45) is 0.0204. The maximum Gasteiger partial charge on any atom is 0.227 e. The minimum atomic E-state index is -0.237. The predicted molar refractivity (Wildman–Crippen MR) is 72.0 cm³/mol. The number of ether oxygens (including phenoxy) is 1. The van der Waals surface area contributed by atoms with Crippen molar-refractivity contribution in [2.45, 2.75) is 19.4 Å². The Balaban J connectivity index is 2.62. The number of anilines is 1. The summed E-state index contributed by atoms with van der Waals surface area (Å²) in [4.78, 5) is 11.7. The molecule has 17 heavy (non-hydrogen) atoms. The van der Waals surface area contributed by atoms with Crippen LogP contribution in [0.15, 0.2) is 22.7 Å². The van der Waals surface area contributed by atoms with E-state index >= 15 is 0 Å². The first-order valence-electron chi connectivity index (χ1n) is 5.35. The van der Waals surface area contributed by atoms with Gasteiger partial charge in [0, 0.05) is 18.1 Å². The monoisotopic (exact) mass is 300 g/mol. The first-order chi connectivity index (χ1) is 8.06. The molecule has 1 aromatic rings. The Labute approximate surface area is 110 Å². The van der Waals surface area contributed by atoms with Crippen molar-refractivity contribution in [2.24, 2.45) is 5.73 Å². The van der Waals surface area contributed by atoms with Gasteiger partial charge in [0.25, 0.3) is 0 Å². The average molecular weight is 301 g/mol. The molecule has 1 unspecified atom stereocenters. The molecule has 0 bridgehead atoms. The maximum atomic E-state index is 11.7. The number of rotatable bonds is 5. The van der Waals surface area contributed by atoms with Crippen LogP contribution >= 0.6 is 15.9 Å². The van der Waals surface area contributed by atoms with E-state index in [-0.39, 0.29) is 18.4 Å². The van der Waals surface area contributed by atoms with Crippen molar-refractivity contribution < 1.29 is 9.53 Å². The number of methoxy groups -OCH3 is 1. The van der Waals surface area contributed by atoms with Crippen LogP contribution in [-0.2, 0) is 9.53 Å². The quantitative estimate of drug-likeness (QED) is 0.875. The van der Waals surface area contributed by atoms with E-state index in [0.29, 0.717) is 6.54 Å². The lowest BCUT2D eigenvalue weighted by Crippen LogP contribution is -2.28. The Morgan fingerprint density at radius 3 is 2.82 bits per heavy atom. The van der Waals surface area contributed by atoms with Gasteiger partial charge in [-0.3, -0.25) is 4.79 Å². The molecule has 4 nitrogen and oxygen atoms in total. The van der Waals surface area contributed by atoms with Crippen LogP contribution in [0.3, 0.4) is 0 Å². The summed E-state index contributed by atoms with van der Waals surface area (Å²) in [5.74, 6) is -0.105. The van der Waals surface area contributed by atoms with Crippen LogP contribution in [-0.4, -0.2) is 25.7 Å². The normalized spacial score (nSPS) is 12.2. The minimum Gasteiger partial charge on any atom is -0.380 e. The zero-order valence-corrected chi connectivity index (χ0v) is 11.6. The SMILES string of the molecule is COC(CN)CC(=O)Nc1ccc(C)cc1Br. The highest BCUT2D eigenvalue weighted by molar-refractivity contribution is 9.10. The number of halogens is 1. The standard InChI is InChI=1S/C12H17BrN2O2/c1-8-3-4-11(10(13)5-8)15-12(16)6-9(7-14)17-2/h3-5,9H,6-7,14H2,1-2H3,(H,15,16). The Morgan fingerprint density at radius 1 is 1.59 bits per heavy atom. The van der Waals surface area contributed by atoms with Crippen LogP contribution in [0, 0.1) is 6.92 Å². The van der Waals surface area contributed by atoms with Gasteiger partial charge in [-0.1, -0.05) is 6.07 Å². The lowest BCUT2D eigenvalue weighted by Gasteiger charge is -2.13. The van der Waals surface area contributed by atoms with E-state index in [9.17, 15) is 4.79 Å². The molecule has 0 aliphatic rings. The van der Waals surface area contributed by atoms with Gasteiger partial charge in [-0.15, -0.1) is 0 Å². The number of carbonyl (C=O) groups is 1. The first-order valence-corrected chi connectivity index (χ1v) is 6.15. The van der Waals surface area contributed by atoms with Crippen LogP contribution < -0.4 is 11.1 Å². The smallest absolute Gasteiger partial charge is 0.227 e. The second kappa shape index (κ2) is 6.74. The maximum absolute atomic E-state index is 11.7. The van der Waals surface area contributed by atoms with Gasteiger partial charge >= 0.3 is 0 Å². The largest absolute Gasteiger partial charge is 0.380 e. The van der Waals surface area contributed by atoms with Gasteiger partial charge in [0.15, 0.2) is 0 Å². The van der Waals surface area contributed by atoms with Gasteiger partial charge in [-0.25, -0.2) is 0 Å².